The lowest BCUT2D eigenvalue weighted by Crippen LogP contribution is -2.02. The number of rotatable bonds is 4. The third-order valence-electron chi connectivity index (χ3n) is 4.09. The van der Waals surface area contributed by atoms with Crippen LogP contribution in [0.15, 0.2) is 49.1 Å². The summed E-state index contributed by atoms with van der Waals surface area (Å²) in [5, 5.41) is 9.80. The van der Waals surface area contributed by atoms with Crippen molar-refractivity contribution >= 4 is 33.5 Å². The Bertz CT molecular complexity index is 1190. The van der Waals surface area contributed by atoms with Crippen LogP contribution in [0.1, 0.15) is 11.1 Å². The van der Waals surface area contributed by atoms with Gasteiger partial charge in [0.2, 0.25) is 0 Å². The number of aromatic amines is 1. The molecule has 4 rings (SSSR count). The van der Waals surface area contributed by atoms with Crippen LogP contribution in [0.5, 0.6) is 11.5 Å². The molecule has 5 nitrogen and oxygen atoms in total. The molecular weight excluding hydrogens is 465 g/mol. The van der Waals surface area contributed by atoms with E-state index < -0.39 is 11.6 Å². The number of fused-ring (bicyclic) bond motifs is 1. The van der Waals surface area contributed by atoms with Gasteiger partial charge in [0.15, 0.2) is 11.6 Å². The first-order valence-electron chi connectivity index (χ1n) is 7.88. The molecule has 0 aliphatic heterocycles. The van der Waals surface area contributed by atoms with Crippen LogP contribution in [-0.2, 0) is 6.54 Å². The Labute approximate surface area is 166 Å². The average molecular weight is 476 g/mol. The van der Waals surface area contributed by atoms with E-state index in [0.717, 1.165) is 15.2 Å². The third-order valence-corrected chi connectivity index (χ3v) is 4.64. The fraction of sp³-hybridized carbons (Fsp3) is 0.0526. The second-order valence-corrected chi connectivity index (χ2v) is 6.93. The molecule has 27 heavy (non-hydrogen) atoms. The SMILES string of the molecule is N#Cc1cc(Oc2c(F)cc3[nH]ccc3c2Cn2cnc(I)c2)ccc1F. The lowest BCUT2D eigenvalue weighted by molar-refractivity contribution is 0.435. The number of nitrogens with one attached hydrogen (secondary N) is 1. The molecular formula is C19H11F2IN4O. The van der Waals surface area contributed by atoms with E-state index in [2.05, 4.69) is 32.6 Å². The van der Waals surface area contributed by atoms with Gasteiger partial charge in [0.1, 0.15) is 21.3 Å². The fourth-order valence-electron chi connectivity index (χ4n) is 2.86. The number of nitrogens with zero attached hydrogens (tertiary/aromatic N) is 3. The lowest BCUT2D eigenvalue weighted by atomic mass is 10.1. The Hall–Kier alpha value is -2.93. The molecule has 0 amide bonds. The molecule has 2 aromatic heterocycles. The molecule has 0 aliphatic carbocycles. The summed E-state index contributed by atoms with van der Waals surface area (Å²) in [6.07, 6.45) is 5.21. The highest BCUT2D eigenvalue weighted by Gasteiger charge is 2.18. The maximum absolute atomic E-state index is 14.8. The van der Waals surface area contributed by atoms with Gasteiger partial charge in [0, 0.05) is 41.0 Å². The maximum atomic E-state index is 14.8. The summed E-state index contributed by atoms with van der Waals surface area (Å²) in [5.74, 6) is -0.998. The van der Waals surface area contributed by atoms with E-state index in [4.69, 9.17) is 10.00 Å². The van der Waals surface area contributed by atoms with Crippen molar-refractivity contribution in [2.75, 3.05) is 0 Å². The van der Waals surface area contributed by atoms with E-state index in [-0.39, 0.29) is 17.1 Å². The highest BCUT2D eigenvalue weighted by molar-refractivity contribution is 14.1. The number of aromatic nitrogens is 3. The molecule has 0 saturated carbocycles. The van der Waals surface area contributed by atoms with Crippen molar-refractivity contribution < 1.29 is 13.5 Å². The summed E-state index contributed by atoms with van der Waals surface area (Å²) in [5.41, 5.74) is 1.09. The predicted octanol–water partition coefficient (Wildman–Crippen LogP) is 4.96. The molecule has 0 bridgehead atoms. The lowest BCUT2D eigenvalue weighted by Gasteiger charge is -2.14. The zero-order valence-electron chi connectivity index (χ0n) is 13.7. The minimum absolute atomic E-state index is 0.0290. The van der Waals surface area contributed by atoms with E-state index in [1.807, 2.05) is 16.8 Å². The minimum Gasteiger partial charge on any atom is -0.454 e. The Morgan fingerprint density at radius 3 is 2.81 bits per heavy atom. The molecule has 0 unspecified atom stereocenters. The van der Waals surface area contributed by atoms with Crippen LogP contribution in [0.3, 0.4) is 0 Å². The Balaban J connectivity index is 1.82. The first-order chi connectivity index (χ1) is 13.0. The number of hydrogen-bond donors (Lipinski definition) is 1. The Morgan fingerprint density at radius 1 is 1.22 bits per heavy atom. The molecule has 0 saturated heterocycles. The fourth-order valence-corrected chi connectivity index (χ4v) is 3.35. The van der Waals surface area contributed by atoms with Gasteiger partial charge in [-0.25, -0.2) is 13.8 Å². The van der Waals surface area contributed by atoms with Crippen LogP contribution in [0.4, 0.5) is 8.78 Å². The average Bonchev–Trinajstić information content (AvgIpc) is 3.27. The smallest absolute Gasteiger partial charge is 0.168 e. The highest BCUT2D eigenvalue weighted by atomic mass is 127. The van der Waals surface area contributed by atoms with Crippen LogP contribution in [-0.4, -0.2) is 14.5 Å². The van der Waals surface area contributed by atoms with Gasteiger partial charge in [-0.2, -0.15) is 5.26 Å². The predicted molar refractivity (Wildman–Crippen MR) is 103 cm³/mol. The zero-order chi connectivity index (χ0) is 19.0. The van der Waals surface area contributed by atoms with E-state index >= 15 is 0 Å². The Kier molecular flexibility index (Phi) is 4.53. The van der Waals surface area contributed by atoms with Gasteiger partial charge in [-0.3, -0.25) is 0 Å². The zero-order valence-corrected chi connectivity index (χ0v) is 15.9. The molecule has 134 valence electrons. The summed E-state index contributed by atoms with van der Waals surface area (Å²) in [4.78, 5) is 7.17. The number of hydrogen-bond acceptors (Lipinski definition) is 3. The number of halogens is 3. The van der Waals surface area contributed by atoms with Crippen LogP contribution in [0.2, 0.25) is 0 Å². The molecule has 1 N–H and O–H groups in total. The molecule has 0 atom stereocenters. The summed E-state index contributed by atoms with van der Waals surface area (Å²) in [6.45, 7) is 0.337. The molecule has 2 heterocycles. The molecule has 0 fully saturated rings. The van der Waals surface area contributed by atoms with Gasteiger partial charge in [0.25, 0.3) is 0 Å². The van der Waals surface area contributed by atoms with Gasteiger partial charge in [-0.05, 0) is 40.8 Å². The minimum atomic E-state index is -0.653. The van der Waals surface area contributed by atoms with Gasteiger partial charge in [-0.1, -0.05) is 0 Å². The summed E-state index contributed by atoms with van der Waals surface area (Å²) in [7, 11) is 0. The number of benzene rings is 2. The normalized spacial score (nSPS) is 10.9. The second-order valence-electron chi connectivity index (χ2n) is 5.83. The van der Waals surface area contributed by atoms with Crippen LogP contribution >= 0.6 is 22.6 Å². The van der Waals surface area contributed by atoms with Crippen molar-refractivity contribution in [3.63, 3.8) is 0 Å². The van der Waals surface area contributed by atoms with Gasteiger partial charge >= 0.3 is 0 Å². The molecule has 0 aliphatic rings. The number of H-pyrrole nitrogens is 1. The van der Waals surface area contributed by atoms with Crippen LogP contribution in [0, 0.1) is 26.7 Å². The molecule has 0 spiro atoms. The van der Waals surface area contributed by atoms with Crippen LogP contribution in [0.25, 0.3) is 10.9 Å². The van der Waals surface area contributed by atoms with Crippen LogP contribution < -0.4 is 4.74 Å². The number of nitriles is 1. The Morgan fingerprint density at radius 2 is 2.07 bits per heavy atom. The quantitative estimate of drug-likeness (QED) is 0.424. The first kappa shape index (κ1) is 17.5. The summed E-state index contributed by atoms with van der Waals surface area (Å²) >= 11 is 2.10. The van der Waals surface area contributed by atoms with Crippen molar-refractivity contribution in [1.82, 2.24) is 14.5 Å². The standard InChI is InChI=1S/C19H11F2IN4O/c20-15-2-1-12(5-11(15)7-23)27-19-14(8-26-9-18(22)25-10-26)13-3-4-24-17(13)6-16(19)21/h1-6,9-10,24H,8H2. The maximum Gasteiger partial charge on any atom is 0.168 e. The molecule has 4 aromatic rings. The van der Waals surface area contributed by atoms with Crippen molar-refractivity contribution in [1.29, 1.82) is 5.26 Å². The second kappa shape index (κ2) is 7.00. The highest BCUT2D eigenvalue weighted by Crippen LogP contribution is 2.35. The van der Waals surface area contributed by atoms with Crippen molar-refractivity contribution in [2.45, 2.75) is 6.54 Å². The molecule has 8 heteroatoms. The first-order valence-corrected chi connectivity index (χ1v) is 8.96. The van der Waals surface area contributed by atoms with Gasteiger partial charge in [0.05, 0.1) is 18.4 Å². The largest absolute Gasteiger partial charge is 0.454 e. The van der Waals surface area contributed by atoms with Gasteiger partial charge in [-0.15, -0.1) is 0 Å². The third kappa shape index (κ3) is 3.38. The van der Waals surface area contributed by atoms with E-state index in [1.165, 1.54) is 18.2 Å². The van der Waals surface area contributed by atoms with E-state index in [1.54, 1.807) is 18.6 Å². The monoisotopic (exact) mass is 476 g/mol. The van der Waals surface area contributed by atoms with E-state index in [9.17, 15) is 8.78 Å². The molecule has 2 aromatic carbocycles. The van der Waals surface area contributed by atoms with Crippen molar-refractivity contribution in [2.24, 2.45) is 0 Å². The summed E-state index contributed by atoms with van der Waals surface area (Å²) < 4.78 is 36.7. The number of ether oxygens (including phenoxy) is 1. The topological polar surface area (TPSA) is 66.6 Å². The summed E-state index contributed by atoms with van der Waals surface area (Å²) in [6, 6.07) is 8.67. The number of imidazole rings is 1. The van der Waals surface area contributed by atoms with Crippen molar-refractivity contribution in [3.05, 3.63) is 75.5 Å². The molecule has 0 radical (unpaired) electrons. The van der Waals surface area contributed by atoms with E-state index in [0.29, 0.717) is 17.6 Å². The van der Waals surface area contributed by atoms with Gasteiger partial charge < -0.3 is 14.3 Å². The van der Waals surface area contributed by atoms with Crippen molar-refractivity contribution in [3.8, 4) is 17.6 Å².